The molecule has 70 valence electrons. The molecule has 0 aromatic carbocycles. The third-order valence-corrected chi connectivity index (χ3v) is 1.87. The van der Waals surface area contributed by atoms with Crippen molar-refractivity contribution in [2.45, 2.75) is 52.6 Å². The van der Waals surface area contributed by atoms with Gasteiger partial charge < -0.3 is 0 Å². The van der Waals surface area contributed by atoms with Gasteiger partial charge in [-0.25, -0.2) is 0 Å². The van der Waals surface area contributed by atoms with Crippen LogP contribution in [0, 0.1) is 17.2 Å². The smallest absolute Gasteiger partial charge is 0.0952 e. The minimum Gasteiger partial charge on any atom is -0.299 e. The summed E-state index contributed by atoms with van der Waals surface area (Å²) in [6.45, 7) is 8.57. The first-order chi connectivity index (χ1) is 5.60. The molecule has 0 saturated heterocycles. The van der Waals surface area contributed by atoms with Gasteiger partial charge >= 0.3 is 0 Å². The fourth-order valence-electron chi connectivity index (χ4n) is 1.36. The van der Waals surface area contributed by atoms with Crippen LogP contribution in [-0.2, 0) is 0 Å². The van der Waals surface area contributed by atoms with E-state index in [2.05, 4.69) is 32.2 Å². The summed E-state index contributed by atoms with van der Waals surface area (Å²) in [4.78, 5) is 0. The Morgan fingerprint density at radius 3 is 2.25 bits per heavy atom. The molecule has 0 spiro atoms. The third kappa shape index (κ3) is 5.15. The second-order valence-corrected chi connectivity index (χ2v) is 3.79. The van der Waals surface area contributed by atoms with Gasteiger partial charge in [0, 0.05) is 6.04 Å². The van der Waals surface area contributed by atoms with E-state index < -0.39 is 0 Å². The monoisotopic (exact) mass is 168 g/mol. The molecular weight excluding hydrogens is 148 g/mol. The van der Waals surface area contributed by atoms with Crippen LogP contribution in [0.2, 0.25) is 0 Å². The molecular formula is C10H20N2. The first kappa shape index (κ1) is 11.4. The summed E-state index contributed by atoms with van der Waals surface area (Å²) in [5, 5.41) is 12.0. The fraction of sp³-hybridized carbons (Fsp3) is 0.900. The van der Waals surface area contributed by atoms with Crippen molar-refractivity contribution in [1.29, 1.82) is 5.26 Å². The highest BCUT2D eigenvalue weighted by atomic mass is 14.9. The Morgan fingerprint density at radius 2 is 1.92 bits per heavy atom. The summed E-state index contributed by atoms with van der Waals surface area (Å²) >= 11 is 0. The van der Waals surface area contributed by atoms with E-state index in [0.717, 1.165) is 12.8 Å². The fourth-order valence-corrected chi connectivity index (χ4v) is 1.36. The Kier molecular flexibility index (Phi) is 5.74. The maximum absolute atomic E-state index is 8.70. The van der Waals surface area contributed by atoms with E-state index in [-0.39, 0.29) is 6.04 Å². The number of nitriles is 1. The highest BCUT2D eigenvalue weighted by Gasteiger charge is 2.09. The normalized spacial score (nSPS) is 15.7. The van der Waals surface area contributed by atoms with Crippen molar-refractivity contribution in [2.75, 3.05) is 0 Å². The molecule has 2 atom stereocenters. The molecule has 0 aliphatic rings. The Morgan fingerprint density at radius 1 is 1.33 bits per heavy atom. The van der Waals surface area contributed by atoms with Crippen LogP contribution in [0.4, 0.5) is 0 Å². The zero-order valence-corrected chi connectivity index (χ0v) is 8.59. The highest BCUT2D eigenvalue weighted by Crippen LogP contribution is 2.05. The molecule has 0 saturated carbocycles. The van der Waals surface area contributed by atoms with Gasteiger partial charge in [0.1, 0.15) is 0 Å². The molecule has 0 aromatic heterocycles. The van der Waals surface area contributed by atoms with Crippen molar-refractivity contribution in [3.63, 3.8) is 0 Å². The van der Waals surface area contributed by atoms with Gasteiger partial charge in [-0.3, -0.25) is 5.32 Å². The number of hydrogen-bond donors (Lipinski definition) is 1. The van der Waals surface area contributed by atoms with Crippen LogP contribution in [0.1, 0.15) is 40.5 Å². The lowest BCUT2D eigenvalue weighted by molar-refractivity contribution is 0.416. The minimum atomic E-state index is 0.0266. The van der Waals surface area contributed by atoms with Crippen molar-refractivity contribution >= 4 is 0 Å². The summed E-state index contributed by atoms with van der Waals surface area (Å²) < 4.78 is 0. The van der Waals surface area contributed by atoms with E-state index in [9.17, 15) is 0 Å². The minimum absolute atomic E-state index is 0.0266. The standard InChI is InChI=1S/C10H20N2/c1-5-10(7-11)12-9(4)6-8(2)3/h8-10,12H,5-6H2,1-4H3. The van der Waals surface area contributed by atoms with Crippen molar-refractivity contribution < 1.29 is 0 Å². The summed E-state index contributed by atoms with van der Waals surface area (Å²) in [5.41, 5.74) is 0. The lowest BCUT2D eigenvalue weighted by Gasteiger charge is -2.18. The number of nitrogens with zero attached hydrogens (tertiary/aromatic N) is 1. The van der Waals surface area contributed by atoms with Crippen molar-refractivity contribution in [1.82, 2.24) is 5.32 Å². The lowest BCUT2D eigenvalue weighted by atomic mass is 10.0. The van der Waals surface area contributed by atoms with E-state index in [4.69, 9.17) is 5.26 Å². The Hall–Kier alpha value is -0.550. The molecule has 1 N–H and O–H groups in total. The van der Waals surface area contributed by atoms with Gasteiger partial charge in [-0.1, -0.05) is 20.8 Å². The van der Waals surface area contributed by atoms with Crippen molar-refractivity contribution in [3.05, 3.63) is 0 Å². The molecule has 0 bridgehead atoms. The van der Waals surface area contributed by atoms with Gasteiger partial charge in [0.25, 0.3) is 0 Å². The highest BCUT2D eigenvalue weighted by molar-refractivity contribution is 4.89. The topological polar surface area (TPSA) is 35.8 Å². The molecule has 0 heterocycles. The summed E-state index contributed by atoms with van der Waals surface area (Å²) in [6, 6.07) is 2.72. The second-order valence-electron chi connectivity index (χ2n) is 3.79. The average molecular weight is 168 g/mol. The van der Waals surface area contributed by atoms with Crippen LogP contribution < -0.4 is 5.32 Å². The molecule has 0 rings (SSSR count). The first-order valence-electron chi connectivity index (χ1n) is 4.75. The molecule has 0 aliphatic heterocycles. The van der Waals surface area contributed by atoms with Crippen LogP contribution in [0.3, 0.4) is 0 Å². The zero-order chi connectivity index (χ0) is 9.56. The third-order valence-electron chi connectivity index (χ3n) is 1.87. The Labute approximate surface area is 76.0 Å². The molecule has 12 heavy (non-hydrogen) atoms. The zero-order valence-electron chi connectivity index (χ0n) is 8.59. The van der Waals surface area contributed by atoms with Gasteiger partial charge in [-0.05, 0) is 25.7 Å². The number of hydrogen-bond acceptors (Lipinski definition) is 2. The van der Waals surface area contributed by atoms with Gasteiger partial charge in [0.05, 0.1) is 12.1 Å². The van der Waals surface area contributed by atoms with Gasteiger partial charge in [0.2, 0.25) is 0 Å². The van der Waals surface area contributed by atoms with Crippen LogP contribution in [0.5, 0.6) is 0 Å². The summed E-state index contributed by atoms with van der Waals surface area (Å²) in [5.74, 6) is 0.698. The molecule has 0 aliphatic carbocycles. The summed E-state index contributed by atoms with van der Waals surface area (Å²) in [6.07, 6.45) is 2.02. The van der Waals surface area contributed by atoms with E-state index in [1.54, 1.807) is 0 Å². The molecule has 0 radical (unpaired) electrons. The summed E-state index contributed by atoms with van der Waals surface area (Å²) in [7, 11) is 0. The van der Waals surface area contributed by atoms with Gasteiger partial charge in [-0.2, -0.15) is 5.26 Å². The molecule has 0 aromatic rings. The van der Waals surface area contributed by atoms with E-state index >= 15 is 0 Å². The molecule has 0 fully saturated rings. The number of rotatable bonds is 5. The maximum Gasteiger partial charge on any atom is 0.0952 e. The number of nitrogens with one attached hydrogen (secondary N) is 1. The Balaban J connectivity index is 3.68. The maximum atomic E-state index is 8.70. The van der Waals surface area contributed by atoms with Gasteiger partial charge in [0.15, 0.2) is 0 Å². The SMILES string of the molecule is CCC(C#N)NC(C)CC(C)C. The van der Waals surface area contributed by atoms with Crippen LogP contribution in [0.25, 0.3) is 0 Å². The first-order valence-corrected chi connectivity index (χ1v) is 4.75. The predicted molar refractivity (Wildman–Crippen MR) is 51.7 cm³/mol. The van der Waals surface area contributed by atoms with Crippen LogP contribution in [-0.4, -0.2) is 12.1 Å². The van der Waals surface area contributed by atoms with Crippen molar-refractivity contribution in [2.24, 2.45) is 5.92 Å². The quantitative estimate of drug-likeness (QED) is 0.683. The van der Waals surface area contributed by atoms with Crippen molar-refractivity contribution in [3.8, 4) is 6.07 Å². The molecule has 2 unspecified atom stereocenters. The largest absolute Gasteiger partial charge is 0.299 e. The van der Waals surface area contributed by atoms with Gasteiger partial charge in [-0.15, -0.1) is 0 Å². The Bertz CT molecular complexity index is 146. The van der Waals surface area contributed by atoms with Crippen LogP contribution >= 0.6 is 0 Å². The van der Waals surface area contributed by atoms with Crippen LogP contribution in [0.15, 0.2) is 0 Å². The van der Waals surface area contributed by atoms with E-state index in [1.807, 2.05) is 6.92 Å². The van der Waals surface area contributed by atoms with E-state index in [0.29, 0.717) is 12.0 Å². The average Bonchev–Trinajstić information content (AvgIpc) is 1.98. The molecule has 2 nitrogen and oxygen atoms in total. The molecule has 0 amide bonds. The lowest BCUT2D eigenvalue weighted by Crippen LogP contribution is -2.35. The molecule has 2 heteroatoms. The van der Waals surface area contributed by atoms with E-state index in [1.165, 1.54) is 0 Å². The second kappa shape index (κ2) is 6.02. The predicted octanol–water partition coefficient (Wildman–Crippen LogP) is 2.31.